The van der Waals surface area contributed by atoms with Crippen LogP contribution in [0, 0.1) is 0 Å². The average Bonchev–Trinajstić information content (AvgIpc) is 2.39. The van der Waals surface area contributed by atoms with E-state index in [-0.39, 0.29) is 11.9 Å². The van der Waals surface area contributed by atoms with E-state index in [2.05, 4.69) is 26.2 Å². The molecule has 98 valence electrons. The minimum Gasteiger partial charge on any atom is -0.345 e. The summed E-state index contributed by atoms with van der Waals surface area (Å²) in [6, 6.07) is 8.76. The molecule has 2 aromatic rings. The van der Waals surface area contributed by atoms with E-state index in [1.54, 1.807) is 30.6 Å². The fourth-order valence-corrected chi connectivity index (χ4v) is 2.55. The molecule has 1 N–H and O–H groups in total. The molecular weight excluding hydrogens is 328 g/mol. The molecule has 1 aromatic carbocycles. The number of amides is 1. The van der Waals surface area contributed by atoms with Crippen molar-refractivity contribution in [3.05, 3.63) is 63.3 Å². The standard InChI is InChI=1S/C14H12BrClN2O/c1-9(10-4-6-17-7-5-10)18-14(19)12-3-2-11(16)8-13(12)15/h2-9H,1H3,(H,18,19). The number of halogens is 2. The van der Waals surface area contributed by atoms with Crippen LogP contribution in [-0.2, 0) is 0 Å². The Bertz CT molecular complexity index is 589. The molecule has 0 aliphatic rings. The predicted molar refractivity (Wildman–Crippen MR) is 79.3 cm³/mol. The molecule has 3 nitrogen and oxygen atoms in total. The van der Waals surface area contributed by atoms with E-state index in [9.17, 15) is 4.79 Å². The lowest BCUT2D eigenvalue weighted by molar-refractivity contribution is 0.0939. The van der Waals surface area contributed by atoms with Crippen molar-refractivity contribution < 1.29 is 4.79 Å². The van der Waals surface area contributed by atoms with Crippen molar-refractivity contribution in [3.8, 4) is 0 Å². The highest BCUT2D eigenvalue weighted by molar-refractivity contribution is 9.10. The third kappa shape index (κ3) is 3.55. The number of hydrogen-bond acceptors (Lipinski definition) is 2. The van der Waals surface area contributed by atoms with Crippen LogP contribution in [0.25, 0.3) is 0 Å². The van der Waals surface area contributed by atoms with Gasteiger partial charge in [0, 0.05) is 21.9 Å². The van der Waals surface area contributed by atoms with E-state index in [1.165, 1.54) is 0 Å². The van der Waals surface area contributed by atoms with Gasteiger partial charge in [-0.2, -0.15) is 0 Å². The van der Waals surface area contributed by atoms with Gasteiger partial charge in [-0.3, -0.25) is 9.78 Å². The Kier molecular flexibility index (Phi) is 4.56. The Labute approximate surface area is 125 Å². The number of nitrogens with one attached hydrogen (secondary N) is 1. The van der Waals surface area contributed by atoms with Crippen molar-refractivity contribution >= 4 is 33.4 Å². The van der Waals surface area contributed by atoms with Gasteiger partial charge in [0.2, 0.25) is 0 Å². The van der Waals surface area contributed by atoms with E-state index in [0.717, 1.165) is 5.56 Å². The van der Waals surface area contributed by atoms with E-state index in [4.69, 9.17) is 11.6 Å². The third-order valence-corrected chi connectivity index (χ3v) is 3.62. The van der Waals surface area contributed by atoms with Crippen LogP contribution in [-0.4, -0.2) is 10.9 Å². The first-order valence-corrected chi connectivity index (χ1v) is 6.91. The summed E-state index contributed by atoms with van der Waals surface area (Å²) < 4.78 is 0.680. The number of hydrogen-bond donors (Lipinski definition) is 1. The Balaban J connectivity index is 2.13. The molecule has 0 fully saturated rings. The van der Waals surface area contributed by atoms with E-state index >= 15 is 0 Å². The minimum atomic E-state index is -0.146. The smallest absolute Gasteiger partial charge is 0.252 e. The lowest BCUT2D eigenvalue weighted by Crippen LogP contribution is -2.26. The summed E-state index contributed by atoms with van der Waals surface area (Å²) >= 11 is 9.19. The van der Waals surface area contributed by atoms with Crippen molar-refractivity contribution in [2.75, 3.05) is 0 Å². The zero-order valence-corrected chi connectivity index (χ0v) is 12.6. The van der Waals surface area contributed by atoms with Crippen LogP contribution < -0.4 is 5.32 Å². The normalized spacial score (nSPS) is 11.9. The second kappa shape index (κ2) is 6.17. The van der Waals surface area contributed by atoms with E-state index < -0.39 is 0 Å². The topological polar surface area (TPSA) is 42.0 Å². The largest absolute Gasteiger partial charge is 0.345 e. The maximum Gasteiger partial charge on any atom is 0.252 e. The average molecular weight is 340 g/mol. The quantitative estimate of drug-likeness (QED) is 0.918. The molecule has 0 saturated carbocycles. The van der Waals surface area contributed by atoms with E-state index in [1.807, 2.05) is 19.1 Å². The number of benzene rings is 1. The van der Waals surface area contributed by atoms with Gasteiger partial charge in [-0.05, 0) is 58.7 Å². The molecule has 2 rings (SSSR count). The molecule has 0 aliphatic carbocycles. The Morgan fingerprint density at radius 1 is 1.32 bits per heavy atom. The molecule has 1 aromatic heterocycles. The van der Waals surface area contributed by atoms with Crippen LogP contribution in [0.15, 0.2) is 47.2 Å². The molecule has 0 saturated heterocycles. The zero-order chi connectivity index (χ0) is 13.8. The van der Waals surface area contributed by atoms with Gasteiger partial charge in [-0.15, -0.1) is 0 Å². The van der Waals surface area contributed by atoms with E-state index in [0.29, 0.717) is 15.1 Å². The van der Waals surface area contributed by atoms with Gasteiger partial charge in [0.05, 0.1) is 11.6 Å². The fraction of sp³-hybridized carbons (Fsp3) is 0.143. The van der Waals surface area contributed by atoms with Gasteiger partial charge in [-0.1, -0.05) is 11.6 Å². The fourth-order valence-electron chi connectivity index (χ4n) is 1.68. The summed E-state index contributed by atoms with van der Waals surface area (Å²) in [5.74, 6) is -0.146. The van der Waals surface area contributed by atoms with Crippen molar-refractivity contribution in [2.45, 2.75) is 13.0 Å². The maximum absolute atomic E-state index is 12.2. The van der Waals surface area contributed by atoms with Crippen LogP contribution in [0.3, 0.4) is 0 Å². The molecule has 19 heavy (non-hydrogen) atoms. The van der Waals surface area contributed by atoms with Gasteiger partial charge in [0.1, 0.15) is 0 Å². The van der Waals surface area contributed by atoms with Gasteiger partial charge < -0.3 is 5.32 Å². The van der Waals surface area contributed by atoms with Gasteiger partial charge in [0.15, 0.2) is 0 Å². The number of carbonyl (C=O) groups excluding carboxylic acids is 1. The molecule has 1 amide bonds. The molecule has 0 radical (unpaired) electrons. The predicted octanol–water partition coefficient (Wildman–Crippen LogP) is 3.99. The Hall–Kier alpha value is -1.39. The van der Waals surface area contributed by atoms with Gasteiger partial charge >= 0.3 is 0 Å². The SMILES string of the molecule is CC(NC(=O)c1ccc(Cl)cc1Br)c1ccncc1. The molecular formula is C14H12BrClN2O. The second-order valence-electron chi connectivity index (χ2n) is 4.10. The van der Waals surface area contributed by atoms with Crippen LogP contribution in [0.5, 0.6) is 0 Å². The molecule has 1 heterocycles. The second-order valence-corrected chi connectivity index (χ2v) is 5.39. The first-order valence-electron chi connectivity index (χ1n) is 5.74. The van der Waals surface area contributed by atoms with Crippen molar-refractivity contribution in [1.82, 2.24) is 10.3 Å². The summed E-state index contributed by atoms with van der Waals surface area (Å²) in [5.41, 5.74) is 1.57. The van der Waals surface area contributed by atoms with Crippen LogP contribution in [0.4, 0.5) is 0 Å². The summed E-state index contributed by atoms with van der Waals surface area (Å²) in [6.45, 7) is 1.93. The van der Waals surface area contributed by atoms with Gasteiger partial charge in [-0.25, -0.2) is 0 Å². The minimum absolute atomic E-state index is 0.0851. The number of nitrogens with zero attached hydrogens (tertiary/aromatic N) is 1. The number of aromatic nitrogens is 1. The van der Waals surface area contributed by atoms with Crippen LogP contribution in [0.2, 0.25) is 5.02 Å². The van der Waals surface area contributed by atoms with Gasteiger partial charge in [0.25, 0.3) is 5.91 Å². The molecule has 1 unspecified atom stereocenters. The Morgan fingerprint density at radius 3 is 2.63 bits per heavy atom. The zero-order valence-electron chi connectivity index (χ0n) is 10.2. The highest BCUT2D eigenvalue weighted by Gasteiger charge is 2.14. The highest BCUT2D eigenvalue weighted by atomic mass is 79.9. The van der Waals surface area contributed by atoms with Crippen LogP contribution in [0.1, 0.15) is 28.9 Å². The van der Waals surface area contributed by atoms with Crippen LogP contribution >= 0.6 is 27.5 Å². The van der Waals surface area contributed by atoms with Crippen molar-refractivity contribution in [3.63, 3.8) is 0 Å². The summed E-state index contributed by atoms with van der Waals surface area (Å²) in [4.78, 5) is 16.1. The first kappa shape index (κ1) is 14.0. The molecule has 0 spiro atoms. The summed E-state index contributed by atoms with van der Waals surface area (Å²) in [6.07, 6.45) is 3.41. The Morgan fingerprint density at radius 2 is 2.00 bits per heavy atom. The lowest BCUT2D eigenvalue weighted by Gasteiger charge is -2.14. The molecule has 1 atom stereocenters. The van der Waals surface area contributed by atoms with Crippen molar-refractivity contribution in [2.24, 2.45) is 0 Å². The molecule has 0 aliphatic heterocycles. The summed E-state index contributed by atoms with van der Waals surface area (Å²) in [7, 11) is 0. The molecule has 5 heteroatoms. The maximum atomic E-state index is 12.2. The third-order valence-electron chi connectivity index (χ3n) is 2.73. The first-order chi connectivity index (χ1) is 9.08. The number of rotatable bonds is 3. The monoisotopic (exact) mass is 338 g/mol. The number of carbonyl (C=O) groups is 1. The highest BCUT2D eigenvalue weighted by Crippen LogP contribution is 2.22. The lowest BCUT2D eigenvalue weighted by atomic mass is 10.1. The summed E-state index contributed by atoms with van der Waals surface area (Å²) in [5, 5.41) is 3.52. The molecule has 0 bridgehead atoms. The number of pyridine rings is 1. The van der Waals surface area contributed by atoms with Crippen molar-refractivity contribution in [1.29, 1.82) is 0 Å².